The van der Waals surface area contributed by atoms with Crippen molar-refractivity contribution in [2.75, 3.05) is 5.32 Å². The number of carbonyl (C=O) groups is 1. The van der Waals surface area contributed by atoms with Crippen LogP contribution in [-0.2, 0) is 11.3 Å². The van der Waals surface area contributed by atoms with Gasteiger partial charge in [-0.1, -0.05) is 24.3 Å². The molecule has 27 heavy (non-hydrogen) atoms. The molecule has 4 aliphatic rings. The number of rotatable bonds is 5. The maximum Gasteiger partial charge on any atom is 0.226 e. The van der Waals surface area contributed by atoms with Gasteiger partial charge in [-0.25, -0.2) is 0 Å². The smallest absolute Gasteiger partial charge is 0.226 e. The van der Waals surface area contributed by atoms with Gasteiger partial charge in [-0.05, 0) is 79.7 Å². The van der Waals surface area contributed by atoms with Crippen LogP contribution in [0.5, 0.6) is 0 Å². The maximum atomic E-state index is 12.8. The largest absolute Gasteiger partial charge is 0.309 e. The molecular formula is C23H29N3O. The van der Waals surface area contributed by atoms with E-state index in [2.05, 4.69) is 41.6 Å². The van der Waals surface area contributed by atoms with Crippen molar-refractivity contribution >= 4 is 11.7 Å². The lowest BCUT2D eigenvalue weighted by molar-refractivity contribution is -0.124. The molecule has 2 aromatic rings. The van der Waals surface area contributed by atoms with Crippen LogP contribution in [0.1, 0.15) is 56.1 Å². The van der Waals surface area contributed by atoms with E-state index in [0.29, 0.717) is 12.2 Å². The van der Waals surface area contributed by atoms with Gasteiger partial charge in [0.25, 0.3) is 0 Å². The highest BCUT2D eigenvalue weighted by molar-refractivity contribution is 5.90. The molecule has 0 aliphatic heterocycles. The predicted molar refractivity (Wildman–Crippen MR) is 106 cm³/mol. The van der Waals surface area contributed by atoms with Crippen molar-refractivity contribution in [3.05, 3.63) is 47.7 Å². The first-order valence-corrected chi connectivity index (χ1v) is 10.4. The summed E-state index contributed by atoms with van der Waals surface area (Å²) >= 11 is 0. The molecule has 4 heteroatoms. The molecule has 1 heterocycles. The molecule has 1 N–H and O–H groups in total. The number of aromatic nitrogens is 2. The number of benzene rings is 1. The van der Waals surface area contributed by atoms with E-state index in [1.807, 2.05) is 16.9 Å². The fourth-order valence-electron chi connectivity index (χ4n) is 6.51. The van der Waals surface area contributed by atoms with Crippen LogP contribution in [0, 0.1) is 30.1 Å². The van der Waals surface area contributed by atoms with E-state index in [-0.39, 0.29) is 11.3 Å². The van der Waals surface area contributed by atoms with Crippen LogP contribution in [0.2, 0.25) is 0 Å². The molecular weight excluding hydrogens is 334 g/mol. The average molecular weight is 364 g/mol. The molecule has 0 atom stereocenters. The first kappa shape index (κ1) is 17.0. The van der Waals surface area contributed by atoms with Gasteiger partial charge in [-0.2, -0.15) is 5.10 Å². The minimum absolute atomic E-state index is 0.151. The van der Waals surface area contributed by atoms with E-state index >= 15 is 0 Å². The standard InChI is InChI=1S/C23H29N3O/c1-16-4-2-3-5-20(16)15-26-7-6-21(25-26)24-22(27)14-23-11-17-8-18(12-23)10-19(9-17)13-23/h2-7,17-19H,8-15H2,1H3,(H,24,25,27). The third-order valence-corrected chi connectivity index (χ3v) is 7.20. The number of amides is 1. The minimum atomic E-state index is 0.151. The summed E-state index contributed by atoms with van der Waals surface area (Å²) < 4.78 is 1.91. The zero-order valence-electron chi connectivity index (χ0n) is 16.2. The van der Waals surface area contributed by atoms with Gasteiger partial charge >= 0.3 is 0 Å². The summed E-state index contributed by atoms with van der Waals surface area (Å²) in [4.78, 5) is 12.8. The predicted octanol–water partition coefficient (Wildman–Crippen LogP) is 4.78. The lowest BCUT2D eigenvalue weighted by Crippen LogP contribution is -2.47. The van der Waals surface area contributed by atoms with Crippen LogP contribution in [-0.4, -0.2) is 15.7 Å². The minimum Gasteiger partial charge on any atom is -0.309 e. The number of anilines is 1. The Bertz CT molecular complexity index is 818. The Labute approximate surface area is 161 Å². The number of carbonyl (C=O) groups excluding carboxylic acids is 1. The zero-order valence-corrected chi connectivity index (χ0v) is 16.2. The lowest BCUT2D eigenvalue weighted by Gasteiger charge is -2.56. The van der Waals surface area contributed by atoms with E-state index in [1.54, 1.807) is 0 Å². The highest BCUT2D eigenvalue weighted by Gasteiger charge is 2.51. The highest BCUT2D eigenvalue weighted by Crippen LogP contribution is 2.61. The number of nitrogens with one attached hydrogen (secondary N) is 1. The van der Waals surface area contributed by atoms with E-state index in [0.717, 1.165) is 24.3 Å². The summed E-state index contributed by atoms with van der Waals surface area (Å²) in [5.41, 5.74) is 2.80. The first-order valence-electron chi connectivity index (χ1n) is 10.4. The van der Waals surface area contributed by atoms with Crippen molar-refractivity contribution in [2.45, 2.75) is 58.4 Å². The second kappa shape index (κ2) is 6.50. The van der Waals surface area contributed by atoms with Crippen molar-refractivity contribution in [2.24, 2.45) is 23.2 Å². The average Bonchev–Trinajstić information content (AvgIpc) is 3.02. The second-order valence-electron chi connectivity index (χ2n) is 9.47. The molecule has 0 saturated heterocycles. The molecule has 1 aromatic heterocycles. The molecule has 4 bridgehead atoms. The molecule has 142 valence electrons. The number of hydrogen-bond acceptors (Lipinski definition) is 2. The van der Waals surface area contributed by atoms with Gasteiger partial charge < -0.3 is 5.32 Å². The number of hydrogen-bond donors (Lipinski definition) is 1. The van der Waals surface area contributed by atoms with Gasteiger partial charge in [0.1, 0.15) is 0 Å². The van der Waals surface area contributed by atoms with Gasteiger partial charge in [-0.15, -0.1) is 0 Å². The summed E-state index contributed by atoms with van der Waals surface area (Å²) in [6, 6.07) is 10.3. The first-order chi connectivity index (χ1) is 13.1. The van der Waals surface area contributed by atoms with E-state index in [4.69, 9.17) is 0 Å². The Morgan fingerprint density at radius 1 is 1.11 bits per heavy atom. The number of aryl methyl sites for hydroxylation is 1. The molecule has 4 saturated carbocycles. The Kier molecular flexibility index (Phi) is 4.10. The van der Waals surface area contributed by atoms with Crippen molar-refractivity contribution in [1.82, 2.24) is 9.78 Å². The molecule has 4 nitrogen and oxygen atoms in total. The van der Waals surface area contributed by atoms with Crippen LogP contribution in [0.3, 0.4) is 0 Å². The summed E-state index contributed by atoms with van der Waals surface area (Å²) in [6.45, 7) is 2.85. The molecule has 4 fully saturated rings. The monoisotopic (exact) mass is 363 g/mol. The van der Waals surface area contributed by atoms with Crippen LogP contribution < -0.4 is 5.32 Å². The van der Waals surface area contributed by atoms with Crippen molar-refractivity contribution in [3.8, 4) is 0 Å². The summed E-state index contributed by atoms with van der Waals surface area (Å²) in [7, 11) is 0. The Morgan fingerprint density at radius 3 is 2.44 bits per heavy atom. The third-order valence-electron chi connectivity index (χ3n) is 7.20. The summed E-state index contributed by atoms with van der Waals surface area (Å²) in [5.74, 6) is 3.49. The Hall–Kier alpha value is -2.10. The summed E-state index contributed by atoms with van der Waals surface area (Å²) in [6.07, 6.45) is 10.7. The normalized spacial score (nSPS) is 31.2. The SMILES string of the molecule is Cc1ccccc1Cn1ccc(NC(=O)CC23CC4CC(CC(C4)C2)C3)n1. The van der Waals surface area contributed by atoms with Crippen LogP contribution >= 0.6 is 0 Å². The Balaban J connectivity index is 1.22. The second-order valence-corrected chi connectivity index (χ2v) is 9.47. The van der Waals surface area contributed by atoms with Gasteiger partial charge in [0.2, 0.25) is 5.91 Å². The van der Waals surface area contributed by atoms with Crippen LogP contribution in [0.15, 0.2) is 36.5 Å². The number of nitrogens with zero attached hydrogens (tertiary/aromatic N) is 2. The molecule has 4 aliphatic carbocycles. The van der Waals surface area contributed by atoms with E-state index < -0.39 is 0 Å². The fraction of sp³-hybridized carbons (Fsp3) is 0.565. The molecule has 0 radical (unpaired) electrons. The van der Waals surface area contributed by atoms with E-state index in [9.17, 15) is 4.79 Å². The van der Waals surface area contributed by atoms with Gasteiger partial charge in [0, 0.05) is 18.7 Å². The highest BCUT2D eigenvalue weighted by atomic mass is 16.1. The fourth-order valence-corrected chi connectivity index (χ4v) is 6.51. The van der Waals surface area contributed by atoms with Crippen LogP contribution in [0.25, 0.3) is 0 Å². The molecule has 6 rings (SSSR count). The quantitative estimate of drug-likeness (QED) is 0.830. The van der Waals surface area contributed by atoms with Crippen molar-refractivity contribution < 1.29 is 4.79 Å². The van der Waals surface area contributed by atoms with Gasteiger partial charge in [0.15, 0.2) is 5.82 Å². The maximum absolute atomic E-state index is 12.8. The van der Waals surface area contributed by atoms with E-state index in [1.165, 1.54) is 49.7 Å². The van der Waals surface area contributed by atoms with Crippen molar-refractivity contribution in [1.29, 1.82) is 0 Å². The lowest BCUT2D eigenvalue weighted by atomic mass is 9.49. The van der Waals surface area contributed by atoms with Gasteiger partial charge in [-0.3, -0.25) is 9.48 Å². The third kappa shape index (κ3) is 3.42. The Morgan fingerprint density at radius 2 is 1.78 bits per heavy atom. The molecule has 0 spiro atoms. The molecule has 1 amide bonds. The molecule has 0 unspecified atom stereocenters. The van der Waals surface area contributed by atoms with Crippen LogP contribution in [0.4, 0.5) is 5.82 Å². The topological polar surface area (TPSA) is 46.9 Å². The zero-order chi connectivity index (χ0) is 18.4. The van der Waals surface area contributed by atoms with Gasteiger partial charge in [0.05, 0.1) is 6.54 Å². The molecule has 1 aromatic carbocycles. The van der Waals surface area contributed by atoms with Crippen molar-refractivity contribution in [3.63, 3.8) is 0 Å². The summed E-state index contributed by atoms with van der Waals surface area (Å²) in [5, 5.41) is 7.63.